The Morgan fingerprint density at radius 1 is 1.33 bits per heavy atom. The summed E-state index contributed by atoms with van der Waals surface area (Å²) < 4.78 is 18.0. The smallest absolute Gasteiger partial charge is 0.311 e. The Bertz CT molecular complexity index is 353. The van der Waals surface area contributed by atoms with Crippen molar-refractivity contribution >= 4 is 5.97 Å². The molecule has 0 atom stereocenters. The highest BCUT2D eigenvalue weighted by molar-refractivity contribution is 5.73. The van der Waals surface area contributed by atoms with Gasteiger partial charge in [-0.3, -0.25) is 4.79 Å². The molecule has 15 heavy (non-hydrogen) atoms. The predicted octanol–water partition coefficient (Wildman–Crippen LogP) is 3.17. The van der Waals surface area contributed by atoms with Crippen molar-refractivity contribution in [3.8, 4) is 5.75 Å². The van der Waals surface area contributed by atoms with Gasteiger partial charge in [0, 0.05) is 0 Å². The number of rotatable bonds is 2. The summed E-state index contributed by atoms with van der Waals surface area (Å²) in [7, 11) is 0. The fraction of sp³-hybridized carbons (Fsp3) is 0.417. The molecule has 3 heteroatoms. The molecule has 0 N–H and O–H groups in total. The maximum absolute atomic E-state index is 13.1. The van der Waals surface area contributed by atoms with Gasteiger partial charge >= 0.3 is 5.97 Å². The Morgan fingerprint density at radius 3 is 2.47 bits per heavy atom. The van der Waals surface area contributed by atoms with Crippen LogP contribution in [-0.4, -0.2) is 5.97 Å². The fourth-order valence-corrected chi connectivity index (χ4v) is 1.12. The highest BCUT2D eigenvalue weighted by Gasteiger charge is 2.18. The van der Waals surface area contributed by atoms with Gasteiger partial charge in [-0.05, 0) is 17.5 Å². The molecule has 1 aromatic carbocycles. The molecule has 0 saturated heterocycles. The van der Waals surface area contributed by atoms with Crippen molar-refractivity contribution < 1.29 is 13.9 Å². The summed E-state index contributed by atoms with van der Waals surface area (Å²) in [5.74, 6) is -0.931. The van der Waals surface area contributed by atoms with Gasteiger partial charge in [0.25, 0.3) is 0 Å². The number of para-hydroxylation sites is 1. The first kappa shape index (κ1) is 11.7. The van der Waals surface area contributed by atoms with Crippen LogP contribution in [0, 0.1) is 11.2 Å². The molecule has 0 aliphatic rings. The Morgan fingerprint density at radius 2 is 1.93 bits per heavy atom. The van der Waals surface area contributed by atoms with Crippen LogP contribution in [0.2, 0.25) is 0 Å². The van der Waals surface area contributed by atoms with Crippen LogP contribution in [0.5, 0.6) is 5.75 Å². The van der Waals surface area contributed by atoms with Gasteiger partial charge in [0.2, 0.25) is 0 Å². The van der Waals surface area contributed by atoms with E-state index in [0.29, 0.717) is 0 Å². The summed E-state index contributed by atoms with van der Waals surface area (Å²) in [5.41, 5.74) is -0.150. The van der Waals surface area contributed by atoms with Gasteiger partial charge in [-0.1, -0.05) is 32.9 Å². The third-order valence-electron chi connectivity index (χ3n) is 1.74. The normalized spacial score (nSPS) is 11.2. The molecule has 0 spiro atoms. The Kier molecular flexibility index (Phi) is 3.45. The monoisotopic (exact) mass is 210 g/mol. The van der Waals surface area contributed by atoms with E-state index >= 15 is 0 Å². The highest BCUT2D eigenvalue weighted by Crippen LogP contribution is 2.21. The van der Waals surface area contributed by atoms with Crippen molar-refractivity contribution in [3.63, 3.8) is 0 Å². The minimum Gasteiger partial charge on any atom is -0.423 e. The van der Waals surface area contributed by atoms with Crippen molar-refractivity contribution in [2.45, 2.75) is 27.2 Å². The van der Waals surface area contributed by atoms with Crippen LogP contribution in [0.15, 0.2) is 24.3 Å². The van der Waals surface area contributed by atoms with Crippen molar-refractivity contribution in [3.05, 3.63) is 30.1 Å². The second kappa shape index (κ2) is 4.43. The summed E-state index contributed by atoms with van der Waals surface area (Å²) >= 11 is 0. The molecule has 1 aromatic rings. The van der Waals surface area contributed by atoms with E-state index in [1.807, 2.05) is 20.8 Å². The third kappa shape index (κ3) is 4.11. The first-order valence-electron chi connectivity index (χ1n) is 4.84. The van der Waals surface area contributed by atoms with Crippen LogP contribution in [0.3, 0.4) is 0 Å². The SMILES string of the molecule is CC(C)(C)CC(=O)Oc1ccccc1F. The average molecular weight is 210 g/mol. The topological polar surface area (TPSA) is 26.3 Å². The first-order valence-corrected chi connectivity index (χ1v) is 4.84. The van der Waals surface area contributed by atoms with E-state index in [1.54, 1.807) is 12.1 Å². The van der Waals surface area contributed by atoms with E-state index in [2.05, 4.69) is 0 Å². The van der Waals surface area contributed by atoms with Gasteiger partial charge in [0.15, 0.2) is 11.6 Å². The van der Waals surface area contributed by atoms with Gasteiger partial charge < -0.3 is 4.74 Å². The van der Waals surface area contributed by atoms with Crippen LogP contribution >= 0.6 is 0 Å². The van der Waals surface area contributed by atoms with E-state index in [9.17, 15) is 9.18 Å². The molecule has 2 nitrogen and oxygen atoms in total. The summed E-state index contributed by atoms with van der Waals surface area (Å²) in [6, 6.07) is 5.88. The van der Waals surface area contributed by atoms with Gasteiger partial charge in [0.05, 0.1) is 6.42 Å². The van der Waals surface area contributed by atoms with E-state index in [0.717, 1.165) is 0 Å². The van der Waals surface area contributed by atoms with E-state index in [-0.39, 0.29) is 17.6 Å². The molecule has 0 aliphatic carbocycles. The molecular formula is C12H15FO2. The number of hydrogen-bond acceptors (Lipinski definition) is 2. The molecule has 0 bridgehead atoms. The van der Waals surface area contributed by atoms with E-state index < -0.39 is 11.8 Å². The Labute approximate surface area is 89.1 Å². The second-order valence-corrected chi connectivity index (χ2v) is 4.64. The molecule has 1 rings (SSSR count). The van der Waals surface area contributed by atoms with Crippen molar-refractivity contribution in [2.75, 3.05) is 0 Å². The maximum Gasteiger partial charge on any atom is 0.311 e. The molecule has 0 heterocycles. The number of halogens is 1. The lowest BCUT2D eigenvalue weighted by Gasteiger charge is -2.16. The number of hydrogen-bond donors (Lipinski definition) is 0. The zero-order chi connectivity index (χ0) is 11.5. The lowest BCUT2D eigenvalue weighted by Crippen LogP contribution is -2.18. The number of carbonyl (C=O) groups excluding carboxylic acids is 1. The van der Waals surface area contributed by atoms with E-state index in [1.165, 1.54) is 12.1 Å². The average Bonchev–Trinajstić information content (AvgIpc) is 2.05. The van der Waals surface area contributed by atoms with Crippen molar-refractivity contribution in [2.24, 2.45) is 5.41 Å². The molecule has 82 valence electrons. The highest BCUT2D eigenvalue weighted by atomic mass is 19.1. The molecule has 0 amide bonds. The second-order valence-electron chi connectivity index (χ2n) is 4.64. The number of benzene rings is 1. The van der Waals surface area contributed by atoms with Gasteiger partial charge in [0.1, 0.15) is 0 Å². The number of carbonyl (C=O) groups is 1. The van der Waals surface area contributed by atoms with Crippen LogP contribution < -0.4 is 4.74 Å². The predicted molar refractivity (Wildman–Crippen MR) is 56.1 cm³/mol. The zero-order valence-corrected chi connectivity index (χ0v) is 9.21. The standard InChI is InChI=1S/C12H15FO2/c1-12(2,3)8-11(14)15-10-7-5-4-6-9(10)13/h4-7H,8H2,1-3H3. The minimum atomic E-state index is -0.514. The zero-order valence-electron chi connectivity index (χ0n) is 9.21. The quantitative estimate of drug-likeness (QED) is 0.553. The Hall–Kier alpha value is -1.38. The molecule has 0 saturated carbocycles. The lowest BCUT2D eigenvalue weighted by molar-refractivity contribution is -0.136. The molecule has 0 aromatic heterocycles. The number of esters is 1. The van der Waals surface area contributed by atoms with Gasteiger partial charge in [-0.15, -0.1) is 0 Å². The van der Waals surface area contributed by atoms with Crippen LogP contribution in [0.4, 0.5) is 4.39 Å². The van der Waals surface area contributed by atoms with Crippen molar-refractivity contribution in [1.82, 2.24) is 0 Å². The van der Waals surface area contributed by atoms with Gasteiger partial charge in [-0.2, -0.15) is 0 Å². The van der Waals surface area contributed by atoms with Crippen molar-refractivity contribution in [1.29, 1.82) is 0 Å². The Balaban J connectivity index is 2.64. The maximum atomic E-state index is 13.1. The summed E-state index contributed by atoms with van der Waals surface area (Å²) in [6.45, 7) is 5.78. The first-order chi connectivity index (χ1) is 6.88. The fourth-order valence-electron chi connectivity index (χ4n) is 1.12. The molecule has 0 fully saturated rings. The minimum absolute atomic E-state index is 0.00764. The third-order valence-corrected chi connectivity index (χ3v) is 1.74. The molecule has 0 unspecified atom stereocenters. The molecular weight excluding hydrogens is 195 g/mol. The number of ether oxygens (including phenoxy) is 1. The largest absolute Gasteiger partial charge is 0.423 e. The van der Waals surface area contributed by atoms with E-state index in [4.69, 9.17) is 4.74 Å². The summed E-state index contributed by atoms with van der Waals surface area (Å²) in [5, 5.41) is 0. The summed E-state index contributed by atoms with van der Waals surface area (Å²) in [4.78, 5) is 11.4. The molecule has 0 aliphatic heterocycles. The molecule has 0 radical (unpaired) electrons. The van der Waals surface area contributed by atoms with Crippen LogP contribution in [-0.2, 0) is 4.79 Å². The van der Waals surface area contributed by atoms with Crippen LogP contribution in [0.1, 0.15) is 27.2 Å². The van der Waals surface area contributed by atoms with Gasteiger partial charge in [-0.25, -0.2) is 4.39 Å². The lowest BCUT2D eigenvalue weighted by atomic mass is 9.92. The van der Waals surface area contributed by atoms with Crippen LogP contribution in [0.25, 0.3) is 0 Å². The summed E-state index contributed by atoms with van der Waals surface area (Å²) in [6.07, 6.45) is 0.265.